The van der Waals surface area contributed by atoms with Crippen molar-refractivity contribution in [2.45, 2.75) is 32.9 Å². The van der Waals surface area contributed by atoms with Gasteiger partial charge in [0, 0.05) is 42.9 Å². The van der Waals surface area contributed by atoms with Crippen LogP contribution in [0.15, 0.2) is 18.5 Å². The van der Waals surface area contributed by atoms with Gasteiger partial charge < -0.3 is 5.32 Å². The number of aromatic amines is 1. The number of amides is 1. The molecule has 1 aliphatic rings. The lowest BCUT2D eigenvalue weighted by Crippen LogP contribution is -2.49. The van der Waals surface area contributed by atoms with Crippen molar-refractivity contribution in [3.63, 3.8) is 0 Å². The number of thiazole rings is 1. The molecule has 2 aromatic heterocycles. The predicted molar refractivity (Wildman–Crippen MR) is 85.8 cm³/mol. The Balaban J connectivity index is 1.52. The molecule has 6 nitrogen and oxygen atoms in total. The first-order valence-corrected chi connectivity index (χ1v) is 8.37. The lowest BCUT2D eigenvalue weighted by molar-refractivity contribution is 0.0856. The molecule has 1 amide bonds. The van der Waals surface area contributed by atoms with Gasteiger partial charge in [0.15, 0.2) is 0 Å². The summed E-state index contributed by atoms with van der Waals surface area (Å²) in [5, 5.41) is 10.8. The second-order valence-corrected chi connectivity index (χ2v) is 7.22. The maximum atomic E-state index is 12.1. The SMILES string of the molecule is Cc1ncc(CN2CC[C@@H](NC(=O)c3ccn[nH]3)[C@@H](C)C2)s1. The van der Waals surface area contributed by atoms with Crippen molar-refractivity contribution in [2.24, 2.45) is 5.92 Å². The fraction of sp³-hybridized carbons (Fsp3) is 0.533. The zero-order chi connectivity index (χ0) is 15.5. The van der Waals surface area contributed by atoms with Crippen LogP contribution < -0.4 is 5.32 Å². The normalized spacial score (nSPS) is 22.6. The van der Waals surface area contributed by atoms with E-state index in [4.69, 9.17) is 0 Å². The molecule has 1 aliphatic heterocycles. The number of carbonyl (C=O) groups excluding carboxylic acids is 1. The molecule has 1 saturated heterocycles. The van der Waals surface area contributed by atoms with Crippen molar-refractivity contribution in [3.8, 4) is 0 Å². The third-order valence-electron chi connectivity index (χ3n) is 4.10. The van der Waals surface area contributed by atoms with E-state index in [1.165, 1.54) is 4.88 Å². The van der Waals surface area contributed by atoms with E-state index in [0.717, 1.165) is 31.1 Å². The van der Waals surface area contributed by atoms with Crippen LogP contribution in [0.2, 0.25) is 0 Å². The van der Waals surface area contributed by atoms with Crippen LogP contribution in [0, 0.1) is 12.8 Å². The summed E-state index contributed by atoms with van der Waals surface area (Å²) in [4.78, 5) is 20.2. The van der Waals surface area contributed by atoms with E-state index < -0.39 is 0 Å². The molecule has 2 atom stereocenters. The van der Waals surface area contributed by atoms with Crippen molar-refractivity contribution in [1.82, 2.24) is 25.4 Å². The van der Waals surface area contributed by atoms with Gasteiger partial charge in [-0.25, -0.2) is 4.98 Å². The third-order valence-corrected chi connectivity index (χ3v) is 5.00. The molecule has 3 heterocycles. The molecule has 7 heteroatoms. The number of aromatic nitrogens is 3. The van der Waals surface area contributed by atoms with Gasteiger partial charge in [0.25, 0.3) is 5.91 Å². The number of hydrogen-bond acceptors (Lipinski definition) is 5. The molecule has 0 unspecified atom stereocenters. The van der Waals surface area contributed by atoms with Crippen LogP contribution >= 0.6 is 11.3 Å². The summed E-state index contributed by atoms with van der Waals surface area (Å²) in [7, 11) is 0. The van der Waals surface area contributed by atoms with Crippen LogP contribution in [-0.2, 0) is 6.54 Å². The van der Waals surface area contributed by atoms with Crippen molar-refractivity contribution in [2.75, 3.05) is 13.1 Å². The Morgan fingerprint density at radius 2 is 2.45 bits per heavy atom. The zero-order valence-corrected chi connectivity index (χ0v) is 13.7. The fourth-order valence-corrected chi connectivity index (χ4v) is 3.75. The van der Waals surface area contributed by atoms with Crippen LogP contribution in [-0.4, -0.2) is 45.1 Å². The highest BCUT2D eigenvalue weighted by Crippen LogP contribution is 2.21. The van der Waals surface area contributed by atoms with Crippen molar-refractivity contribution >= 4 is 17.2 Å². The Hall–Kier alpha value is -1.73. The molecule has 0 radical (unpaired) electrons. The van der Waals surface area contributed by atoms with Gasteiger partial charge in [0.05, 0.1) is 5.01 Å². The molecule has 0 bridgehead atoms. The summed E-state index contributed by atoms with van der Waals surface area (Å²) in [5.74, 6) is 0.357. The van der Waals surface area contributed by atoms with Crippen LogP contribution in [0.4, 0.5) is 0 Å². The van der Waals surface area contributed by atoms with Crippen LogP contribution in [0.5, 0.6) is 0 Å². The van der Waals surface area contributed by atoms with E-state index in [0.29, 0.717) is 11.6 Å². The number of carbonyl (C=O) groups is 1. The average molecular weight is 319 g/mol. The molecule has 118 valence electrons. The van der Waals surface area contributed by atoms with Crippen molar-refractivity contribution in [1.29, 1.82) is 0 Å². The van der Waals surface area contributed by atoms with Crippen LogP contribution in [0.3, 0.4) is 0 Å². The lowest BCUT2D eigenvalue weighted by atomic mass is 9.93. The van der Waals surface area contributed by atoms with E-state index in [2.05, 4.69) is 32.3 Å². The molecule has 2 N–H and O–H groups in total. The second kappa shape index (κ2) is 6.58. The summed E-state index contributed by atoms with van der Waals surface area (Å²) in [6.07, 6.45) is 4.54. The Labute approximate surface area is 133 Å². The Bertz CT molecular complexity index is 624. The number of likely N-dealkylation sites (tertiary alicyclic amines) is 1. The number of hydrogen-bond donors (Lipinski definition) is 2. The summed E-state index contributed by atoms with van der Waals surface area (Å²) in [5.41, 5.74) is 0.523. The smallest absolute Gasteiger partial charge is 0.269 e. The molecule has 1 fully saturated rings. The first kappa shape index (κ1) is 15.2. The Morgan fingerprint density at radius 3 is 3.09 bits per heavy atom. The van der Waals surface area contributed by atoms with Crippen molar-refractivity contribution < 1.29 is 4.79 Å². The van der Waals surface area contributed by atoms with E-state index in [9.17, 15) is 4.79 Å². The topological polar surface area (TPSA) is 73.9 Å². The lowest BCUT2D eigenvalue weighted by Gasteiger charge is -2.36. The maximum absolute atomic E-state index is 12.1. The molecule has 0 aromatic carbocycles. The largest absolute Gasteiger partial charge is 0.348 e. The molecule has 2 aromatic rings. The van der Waals surface area contributed by atoms with Crippen LogP contribution in [0.25, 0.3) is 0 Å². The average Bonchev–Trinajstić information content (AvgIpc) is 3.13. The highest BCUT2D eigenvalue weighted by molar-refractivity contribution is 7.11. The van der Waals surface area contributed by atoms with Gasteiger partial charge in [-0.1, -0.05) is 6.92 Å². The number of nitrogens with zero attached hydrogens (tertiary/aromatic N) is 3. The molecule has 3 rings (SSSR count). The van der Waals surface area contributed by atoms with E-state index in [1.807, 2.05) is 13.1 Å². The molecular formula is C15H21N5OS. The summed E-state index contributed by atoms with van der Waals surface area (Å²) in [6, 6.07) is 1.91. The number of piperidine rings is 1. The minimum Gasteiger partial charge on any atom is -0.348 e. The van der Waals surface area contributed by atoms with E-state index in [-0.39, 0.29) is 11.9 Å². The van der Waals surface area contributed by atoms with Gasteiger partial charge >= 0.3 is 0 Å². The summed E-state index contributed by atoms with van der Waals surface area (Å²) < 4.78 is 0. The predicted octanol–water partition coefficient (Wildman–Crippen LogP) is 1.82. The summed E-state index contributed by atoms with van der Waals surface area (Å²) in [6.45, 7) is 7.17. The molecular weight excluding hydrogens is 298 g/mol. The highest BCUT2D eigenvalue weighted by atomic mass is 32.1. The number of nitrogens with one attached hydrogen (secondary N) is 2. The summed E-state index contributed by atoms with van der Waals surface area (Å²) >= 11 is 1.76. The second-order valence-electron chi connectivity index (χ2n) is 5.90. The minimum absolute atomic E-state index is 0.0686. The highest BCUT2D eigenvalue weighted by Gasteiger charge is 2.28. The van der Waals surface area contributed by atoms with Crippen LogP contribution in [0.1, 0.15) is 33.7 Å². The fourth-order valence-electron chi connectivity index (χ4n) is 2.92. The zero-order valence-electron chi connectivity index (χ0n) is 12.9. The van der Waals surface area contributed by atoms with Gasteiger partial charge in [-0.05, 0) is 25.3 Å². The minimum atomic E-state index is -0.0686. The van der Waals surface area contributed by atoms with E-state index in [1.54, 1.807) is 23.6 Å². The number of rotatable bonds is 4. The van der Waals surface area contributed by atoms with Gasteiger partial charge in [-0.15, -0.1) is 11.3 Å². The third kappa shape index (κ3) is 3.53. The molecule has 0 saturated carbocycles. The van der Waals surface area contributed by atoms with Gasteiger partial charge in [-0.2, -0.15) is 5.10 Å². The Kier molecular flexibility index (Phi) is 4.54. The van der Waals surface area contributed by atoms with Gasteiger partial charge in [-0.3, -0.25) is 14.8 Å². The first-order valence-electron chi connectivity index (χ1n) is 7.55. The molecule has 22 heavy (non-hydrogen) atoms. The molecule has 0 aliphatic carbocycles. The van der Waals surface area contributed by atoms with Gasteiger partial charge in [0.1, 0.15) is 5.69 Å². The quantitative estimate of drug-likeness (QED) is 0.901. The standard InChI is InChI=1S/C15H21N5OS/c1-10-8-20(9-12-7-16-11(2)22-12)6-4-13(10)18-15(21)14-3-5-17-19-14/h3,5,7,10,13H,4,6,8-9H2,1-2H3,(H,17,19)(H,18,21)/t10-,13+/m0/s1. The monoisotopic (exact) mass is 319 g/mol. The van der Waals surface area contributed by atoms with Crippen molar-refractivity contribution in [3.05, 3.63) is 34.0 Å². The first-order chi connectivity index (χ1) is 10.6. The van der Waals surface area contributed by atoms with E-state index >= 15 is 0 Å². The Morgan fingerprint density at radius 1 is 1.59 bits per heavy atom. The number of aryl methyl sites for hydroxylation is 1. The number of H-pyrrole nitrogens is 1. The maximum Gasteiger partial charge on any atom is 0.269 e. The molecule has 0 spiro atoms. The van der Waals surface area contributed by atoms with Gasteiger partial charge in [0.2, 0.25) is 0 Å².